The van der Waals surface area contributed by atoms with Crippen molar-refractivity contribution in [2.45, 2.75) is 31.8 Å². The van der Waals surface area contributed by atoms with Crippen molar-refractivity contribution in [1.82, 2.24) is 9.78 Å². The highest BCUT2D eigenvalue weighted by atomic mass is 16.3. The lowest BCUT2D eigenvalue weighted by Gasteiger charge is -2.07. The molecule has 0 radical (unpaired) electrons. The molecule has 1 unspecified atom stereocenters. The second-order valence-electron chi connectivity index (χ2n) is 5.09. The van der Waals surface area contributed by atoms with E-state index in [4.69, 9.17) is 0 Å². The second-order valence-corrected chi connectivity index (χ2v) is 5.09. The van der Waals surface area contributed by atoms with Crippen molar-refractivity contribution in [3.8, 4) is 5.69 Å². The van der Waals surface area contributed by atoms with Gasteiger partial charge in [0.1, 0.15) is 0 Å². The van der Waals surface area contributed by atoms with Gasteiger partial charge in [0.15, 0.2) is 0 Å². The average Bonchev–Trinajstić information content (AvgIpc) is 3.11. The maximum Gasteiger partial charge on any atom is 0.0820 e. The lowest BCUT2D eigenvalue weighted by molar-refractivity contribution is 0.162. The van der Waals surface area contributed by atoms with Gasteiger partial charge in [-0.25, -0.2) is 4.68 Å². The summed E-state index contributed by atoms with van der Waals surface area (Å²) in [7, 11) is 0. The molecule has 0 saturated heterocycles. The third kappa shape index (κ3) is 2.62. The van der Waals surface area contributed by atoms with Crippen LogP contribution in [0.25, 0.3) is 5.69 Å². The number of rotatable bonds is 5. The van der Waals surface area contributed by atoms with E-state index >= 15 is 0 Å². The van der Waals surface area contributed by atoms with Crippen LogP contribution in [0.5, 0.6) is 0 Å². The summed E-state index contributed by atoms with van der Waals surface area (Å²) in [5.41, 5.74) is 1.94. The molecule has 1 N–H and O–H groups in total. The van der Waals surface area contributed by atoms with Gasteiger partial charge in [0, 0.05) is 11.8 Å². The molecule has 18 heavy (non-hydrogen) atoms. The van der Waals surface area contributed by atoms with Gasteiger partial charge in [-0.15, -0.1) is 0 Å². The smallest absolute Gasteiger partial charge is 0.0820 e. The van der Waals surface area contributed by atoms with Gasteiger partial charge in [0.2, 0.25) is 0 Å². The van der Waals surface area contributed by atoms with E-state index in [9.17, 15) is 5.11 Å². The normalized spacial score (nSPS) is 16.7. The minimum Gasteiger partial charge on any atom is -0.388 e. The van der Waals surface area contributed by atoms with Crippen molar-refractivity contribution in [2.75, 3.05) is 0 Å². The first-order valence-electron chi connectivity index (χ1n) is 6.61. The molecule has 0 spiro atoms. The average molecular weight is 242 g/mol. The van der Waals surface area contributed by atoms with Gasteiger partial charge in [0.25, 0.3) is 0 Å². The van der Waals surface area contributed by atoms with Crippen LogP contribution >= 0.6 is 0 Å². The molecule has 1 aliphatic rings. The molecule has 0 amide bonds. The highest BCUT2D eigenvalue weighted by molar-refractivity contribution is 5.31. The van der Waals surface area contributed by atoms with E-state index in [0.29, 0.717) is 0 Å². The number of benzene rings is 1. The largest absolute Gasteiger partial charge is 0.388 e. The summed E-state index contributed by atoms with van der Waals surface area (Å²) in [5.74, 6) is 0.865. The quantitative estimate of drug-likeness (QED) is 0.875. The monoisotopic (exact) mass is 242 g/mol. The SMILES string of the molecule is OC(CCC1CC1)c1cnn(-c2ccccc2)c1. The summed E-state index contributed by atoms with van der Waals surface area (Å²) in [6, 6.07) is 9.97. The fourth-order valence-corrected chi connectivity index (χ4v) is 2.20. The number of hydrogen-bond donors (Lipinski definition) is 1. The Balaban J connectivity index is 1.68. The molecule has 1 saturated carbocycles. The minimum atomic E-state index is -0.372. The van der Waals surface area contributed by atoms with E-state index in [-0.39, 0.29) is 6.10 Å². The van der Waals surface area contributed by atoms with Crippen LogP contribution in [0.4, 0.5) is 0 Å². The number of aliphatic hydroxyl groups is 1. The standard InChI is InChI=1S/C15H18N2O/c18-15(9-8-12-6-7-12)13-10-16-17(11-13)14-4-2-1-3-5-14/h1-5,10-12,15,18H,6-9H2. The maximum absolute atomic E-state index is 10.1. The van der Waals surface area contributed by atoms with Crippen LogP contribution in [0.1, 0.15) is 37.4 Å². The Hall–Kier alpha value is -1.61. The van der Waals surface area contributed by atoms with Crippen molar-refractivity contribution >= 4 is 0 Å². The summed E-state index contributed by atoms with van der Waals surface area (Å²) < 4.78 is 1.82. The van der Waals surface area contributed by atoms with Crippen LogP contribution in [0, 0.1) is 5.92 Å². The minimum absolute atomic E-state index is 0.372. The molecule has 3 nitrogen and oxygen atoms in total. The lowest BCUT2D eigenvalue weighted by atomic mass is 10.1. The highest BCUT2D eigenvalue weighted by Crippen LogP contribution is 2.35. The Labute approximate surface area is 107 Å². The van der Waals surface area contributed by atoms with Gasteiger partial charge in [-0.2, -0.15) is 5.10 Å². The molecular weight excluding hydrogens is 224 g/mol. The molecule has 1 atom stereocenters. The van der Waals surface area contributed by atoms with E-state index in [1.54, 1.807) is 6.20 Å². The molecule has 1 aromatic heterocycles. The van der Waals surface area contributed by atoms with Crippen molar-refractivity contribution in [2.24, 2.45) is 5.92 Å². The van der Waals surface area contributed by atoms with Crippen LogP contribution in [0.3, 0.4) is 0 Å². The third-order valence-electron chi connectivity index (χ3n) is 3.55. The van der Waals surface area contributed by atoms with Gasteiger partial charge < -0.3 is 5.11 Å². The molecule has 94 valence electrons. The molecule has 3 rings (SSSR count). The Bertz CT molecular complexity index is 502. The van der Waals surface area contributed by atoms with E-state index in [2.05, 4.69) is 5.10 Å². The van der Waals surface area contributed by atoms with E-state index in [0.717, 1.165) is 30.0 Å². The van der Waals surface area contributed by atoms with E-state index in [1.807, 2.05) is 41.2 Å². The van der Waals surface area contributed by atoms with Gasteiger partial charge in [-0.05, 0) is 30.9 Å². The molecule has 3 heteroatoms. The topological polar surface area (TPSA) is 38.1 Å². The summed E-state index contributed by atoms with van der Waals surface area (Å²) in [4.78, 5) is 0. The summed E-state index contributed by atoms with van der Waals surface area (Å²) >= 11 is 0. The van der Waals surface area contributed by atoms with Crippen molar-refractivity contribution in [3.05, 3.63) is 48.3 Å². The Morgan fingerprint density at radius 2 is 2.06 bits per heavy atom. The number of aromatic nitrogens is 2. The molecule has 1 aliphatic carbocycles. The van der Waals surface area contributed by atoms with Gasteiger partial charge in [0.05, 0.1) is 18.0 Å². The molecule has 0 bridgehead atoms. The number of hydrogen-bond acceptors (Lipinski definition) is 2. The van der Waals surface area contributed by atoms with Crippen molar-refractivity contribution in [3.63, 3.8) is 0 Å². The number of para-hydroxylation sites is 1. The zero-order chi connectivity index (χ0) is 12.4. The lowest BCUT2D eigenvalue weighted by Crippen LogP contribution is -1.97. The van der Waals surface area contributed by atoms with Crippen LogP contribution in [0.15, 0.2) is 42.7 Å². The molecule has 0 aliphatic heterocycles. The van der Waals surface area contributed by atoms with Crippen LogP contribution in [-0.4, -0.2) is 14.9 Å². The Morgan fingerprint density at radius 1 is 1.28 bits per heavy atom. The Kier molecular flexibility index (Phi) is 3.15. The highest BCUT2D eigenvalue weighted by Gasteiger charge is 2.22. The fourth-order valence-electron chi connectivity index (χ4n) is 2.20. The fraction of sp³-hybridized carbons (Fsp3) is 0.400. The number of nitrogens with zero attached hydrogens (tertiary/aromatic N) is 2. The second kappa shape index (κ2) is 4.94. The first kappa shape index (κ1) is 11.5. The summed E-state index contributed by atoms with van der Waals surface area (Å²) in [5, 5.41) is 14.4. The van der Waals surface area contributed by atoms with E-state index < -0.39 is 0 Å². The first-order valence-corrected chi connectivity index (χ1v) is 6.61. The van der Waals surface area contributed by atoms with Crippen molar-refractivity contribution in [1.29, 1.82) is 0 Å². The number of aliphatic hydroxyl groups excluding tert-OH is 1. The predicted molar refractivity (Wildman–Crippen MR) is 70.5 cm³/mol. The van der Waals surface area contributed by atoms with Crippen LogP contribution in [-0.2, 0) is 0 Å². The molecule has 1 aromatic carbocycles. The zero-order valence-electron chi connectivity index (χ0n) is 10.4. The van der Waals surface area contributed by atoms with Gasteiger partial charge >= 0.3 is 0 Å². The molecule has 2 aromatic rings. The van der Waals surface area contributed by atoms with E-state index in [1.165, 1.54) is 12.8 Å². The molecule has 1 fully saturated rings. The predicted octanol–water partition coefficient (Wildman–Crippen LogP) is 3.10. The maximum atomic E-state index is 10.1. The summed E-state index contributed by atoms with van der Waals surface area (Å²) in [6.45, 7) is 0. The van der Waals surface area contributed by atoms with Crippen LogP contribution in [0.2, 0.25) is 0 Å². The third-order valence-corrected chi connectivity index (χ3v) is 3.55. The Morgan fingerprint density at radius 3 is 2.78 bits per heavy atom. The van der Waals surface area contributed by atoms with Crippen LogP contribution < -0.4 is 0 Å². The summed E-state index contributed by atoms with van der Waals surface area (Å²) in [6.07, 6.45) is 8.00. The first-order chi connectivity index (χ1) is 8.83. The molecule has 1 heterocycles. The molecular formula is C15H18N2O. The van der Waals surface area contributed by atoms with Gasteiger partial charge in [-0.1, -0.05) is 31.0 Å². The zero-order valence-corrected chi connectivity index (χ0v) is 10.4. The van der Waals surface area contributed by atoms with Gasteiger partial charge in [-0.3, -0.25) is 0 Å². The van der Waals surface area contributed by atoms with Crippen molar-refractivity contribution < 1.29 is 5.11 Å².